The van der Waals surface area contributed by atoms with E-state index in [1.807, 2.05) is 17.0 Å². The second-order valence-electron chi connectivity index (χ2n) is 7.20. The molecule has 25 heavy (non-hydrogen) atoms. The summed E-state index contributed by atoms with van der Waals surface area (Å²) in [6.45, 7) is 7.68. The lowest BCUT2D eigenvalue weighted by Crippen LogP contribution is -2.45. The van der Waals surface area contributed by atoms with E-state index in [-0.39, 0.29) is 18.0 Å². The molecule has 1 aromatic rings. The molecule has 0 radical (unpaired) electrons. The number of carbonyl (C=O) groups is 2. The average Bonchev–Trinajstić information content (AvgIpc) is 2.93. The fourth-order valence-electron chi connectivity index (χ4n) is 3.48. The molecule has 0 bridgehead atoms. The molecule has 0 unspecified atom stereocenters. The fraction of sp³-hybridized carbons (Fsp3) is 0.500. The van der Waals surface area contributed by atoms with E-state index in [1.165, 1.54) is 5.56 Å². The Kier molecular flexibility index (Phi) is 4.84. The van der Waals surface area contributed by atoms with Gasteiger partial charge in [0.2, 0.25) is 0 Å². The standard InChI is InChI=1S/C20H27N3O2/c1-5-6-11-23-12-16-17(19(23)24)18(21-20(25)22(16)4)15-9-7-14(8-10-15)13(2)3/h7-10,13,18H,5-6,11-12H2,1-4H3,(H,21,25)/t18-/m0/s1. The normalized spacial score (nSPS) is 20.4. The molecule has 1 N–H and O–H groups in total. The minimum absolute atomic E-state index is 0.0493. The van der Waals surface area contributed by atoms with Gasteiger partial charge < -0.3 is 10.2 Å². The third-order valence-corrected chi connectivity index (χ3v) is 5.15. The molecule has 2 heterocycles. The molecule has 3 amide bonds. The number of carbonyl (C=O) groups excluding carboxylic acids is 2. The van der Waals surface area contributed by atoms with Crippen molar-refractivity contribution >= 4 is 11.9 Å². The molecular weight excluding hydrogens is 314 g/mol. The Morgan fingerprint density at radius 1 is 1.20 bits per heavy atom. The average molecular weight is 341 g/mol. The van der Waals surface area contributed by atoms with E-state index in [0.29, 0.717) is 12.5 Å². The van der Waals surface area contributed by atoms with Crippen LogP contribution in [0.25, 0.3) is 0 Å². The fourth-order valence-corrected chi connectivity index (χ4v) is 3.48. The van der Waals surface area contributed by atoms with Crippen LogP contribution >= 0.6 is 0 Å². The van der Waals surface area contributed by atoms with Crippen LogP contribution in [0.2, 0.25) is 0 Å². The monoisotopic (exact) mass is 341 g/mol. The van der Waals surface area contributed by atoms with Crippen molar-refractivity contribution in [1.29, 1.82) is 0 Å². The number of hydrogen-bond donors (Lipinski definition) is 1. The van der Waals surface area contributed by atoms with Crippen LogP contribution in [0.5, 0.6) is 0 Å². The van der Waals surface area contributed by atoms with Gasteiger partial charge in [-0.25, -0.2) is 4.79 Å². The van der Waals surface area contributed by atoms with Crippen molar-refractivity contribution in [3.05, 3.63) is 46.7 Å². The quantitative estimate of drug-likeness (QED) is 0.892. The SMILES string of the molecule is CCCCN1CC2=C(C1=O)[C@H](c1ccc(C(C)C)cc1)NC(=O)N2C. The van der Waals surface area contributed by atoms with Gasteiger partial charge in [-0.3, -0.25) is 9.69 Å². The number of unbranched alkanes of at least 4 members (excludes halogenated alkanes) is 1. The van der Waals surface area contributed by atoms with Crippen molar-refractivity contribution < 1.29 is 9.59 Å². The molecule has 5 nitrogen and oxygen atoms in total. The zero-order valence-electron chi connectivity index (χ0n) is 15.5. The Hall–Kier alpha value is -2.30. The van der Waals surface area contributed by atoms with E-state index in [0.717, 1.165) is 36.2 Å². The maximum absolute atomic E-state index is 12.9. The highest BCUT2D eigenvalue weighted by Gasteiger charge is 2.42. The minimum atomic E-state index is -0.362. The van der Waals surface area contributed by atoms with Crippen LogP contribution in [-0.4, -0.2) is 41.9 Å². The molecule has 3 rings (SSSR count). The van der Waals surface area contributed by atoms with Crippen molar-refractivity contribution in [2.45, 2.75) is 45.6 Å². The first-order valence-electron chi connectivity index (χ1n) is 9.10. The smallest absolute Gasteiger partial charge is 0.322 e. The molecule has 1 atom stereocenters. The van der Waals surface area contributed by atoms with Gasteiger partial charge in [0.1, 0.15) is 0 Å². The van der Waals surface area contributed by atoms with Crippen molar-refractivity contribution in [1.82, 2.24) is 15.1 Å². The summed E-state index contributed by atoms with van der Waals surface area (Å²) in [4.78, 5) is 28.8. The van der Waals surface area contributed by atoms with Crippen molar-refractivity contribution in [2.24, 2.45) is 0 Å². The summed E-state index contributed by atoms with van der Waals surface area (Å²) in [5, 5.41) is 2.99. The molecule has 0 saturated heterocycles. The second-order valence-corrected chi connectivity index (χ2v) is 7.20. The van der Waals surface area contributed by atoms with Crippen molar-refractivity contribution in [3.8, 4) is 0 Å². The zero-order chi connectivity index (χ0) is 18.1. The molecule has 0 spiro atoms. The van der Waals surface area contributed by atoms with Gasteiger partial charge in [0.25, 0.3) is 5.91 Å². The van der Waals surface area contributed by atoms with Crippen LogP contribution < -0.4 is 5.32 Å². The predicted molar refractivity (Wildman–Crippen MR) is 98.1 cm³/mol. The zero-order valence-corrected chi connectivity index (χ0v) is 15.5. The van der Waals surface area contributed by atoms with E-state index in [4.69, 9.17) is 0 Å². The number of nitrogens with one attached hydrogen (secondary N) is 1. The number of nitrogens with zero attached hydrogens (tertiary/aromatic N) is 2. The van der Waals surface area contributed by atoms with Gasteiger partial charge in [-0.05, 0) is 23.5 Å². The lowest BCUT2D eigenvalue weighted by atomic mass is 9.93. The Bertz CT molecular complexity index is 706. The Balaban J connectivity index is 1.93. The van der Waals surface area contributed by atoms with Crippen LogP contribution in [0.3, 0.4) is 0 Å². The number of rotatable bonds is 5. The molecule has 134 valence electrons. The number of urea groups is 1. The molecule has 2 aliphatic heterocycles. The third kappa shape index (κ3) is 3.15. The number of likely N-dealkylation sites (N-methyl/N-ethyl adjacent to an activating group) is 1. The summed E-state index contributed by atoms with van der Waals surface area (Å²) in [5.41, 5.74) is 3.77. The van der Waals surface area contributed by atoms with Crippen LogP contribution in [-0.2, 0) is 4.79 Å². The molecule has 2 aliphatic rings. The summed E-state index contributed by atoms with van der Waals surface area (Å²) in [7, 11) is 1.74. The highest BCUT2D eigenvalue weighted by atomic mass is 16.2. The highest BCUT2D eigenvalue weighted by Crippen LogP contribution is 2.36. The van der Waals surface area contributed by atoms with E-state index < -0.39 is 0 Å². The molecule has 0 fully saturated rings. The van der Waals surface area contributed by atoms with Gasteiger partial charge in [-0.15, -0.1) is 0 Å². The number of hydrogen-bond acceptors (Lipinski definition) is 2. The maximum atomic E-state index is 12.9. The summed E-state index contributed by atoms with van der Waals surface area (Å²) < 4.78 is 0. The number of benzene rings is 1. The Morgan fingerprint density at radius 2 is 1.88 bits per heavy atom. The lowest BCUT2D eigenvalue weighted by molar-refractivity contribution is -0.125. The lowest BCUT2D eigenvalue weighted by Gasteiger charge is -2.31. The minimum Gasteiger partial charge on any atom is -0.333 e. The van der Waals surface area contributed by atoms with E-state index in [9.17, 15) is 9.59 Å². The molecule has 0 aromatic heterocycles. The predicted octanol–water partition coefficient (Wildman–Crippen LogP) is 3.40. The molecular formula is C20H27N3O2. The first kappa shape index (κ1) is 17.5. The van der Waals surface area contributed by atoms with Gasteiger partial charge in [0.05, 0.1) is 23.9 Å². The van der Waals surface area contributed by atoms with Gasteiger partial charge in [-0.2, -0.15) is 0 Å². The van der Waals surface area contributed by atoms with Crippen molar-refractivity contribution in [3.63, 3.8) is 0 Å². The van der Waals surface area contributed by atoms with E-state index in [1.54, 1.807) is 11.9 Å². The molecule has 0 saturated carbocycles. The first-order valence-corrected chi connectivity index (χ1v) is 9.10. The van der Waals surface area contributed by atoms with Crippen molar-refractivity contribution in [2.75, 3.05) is 20.1 Å². The van der Waals surface area contributed by atoms with E-state index >= 15 is 0 Å². The Morgan fingerprint density at radius 3 is 2.48 bits per heavy atom. The van der Waals surface area contributed by atoms with Crippen LogP contribution in [0, 0.1) is 0 Å². The maximum Gasteiger partial charge on any atom is 0.322 e. The summed E-state index contributed by atoms with van der Waals surface area (Å²) in [5.74, 6) is 0.502. The number of amides is 3. The van der Waals surface area contributed by atoms with E-state index in [2.05, 4.69) is 38.2 Å². The summed E-state index contributed by atoms with van der Waals surface area (Å²) in [6.07, 6.45) is 2.02. The van der Waals surface area contributed by atoms with Crippen LogP contribution in [0.4, 0.5) is 4.79 Å². The topological polar surface area (TPSA) is 52.7 Å². The summed E-state index contributed by atoms with van der Waals surface area (Å²) >= 11 is 0. The van der Waals surface area contributed by atoms with Crippen LogP contribution in [0.15, 0.2) is 35.5 Å². The van der Waals surface area contributed by atoms with Gasteiger partial charge in [0, 0.05) is 13.6 Å². The van der Waals surface area contributed by atoms with Gasteiger partial charge >= 0.3 is 6.03 Å². The Labute approximate surface area is 149 Å². The van der Waals surface area contributed by atoms with Gasteiger partial charge in [-0.1, -0.05) is 51.5 Å². The first-order chi connectivity index (χ1) is 11.9. The third-order valence-electron chi connectivity index (χ3n) is 5.15. The molecule has 0 aliphatic carbocycles. The largest absolute Gasteiger partial charge is 0.333 e. The van der Waals surface area contributed by atoms with Crippen LogP contribution in [0.1, 0.15) is 56.7 Å². The highest BCUT2D eigenvalue weighted by molar-refractivity contribution is 6.01. The molecule has 5 heteroatoms. The second kappa shape index (κ2) is 6.90. The molecule has 1 aromatic carbocycles. The summed E-state index contributed by atoms with van der Waals surface area (Å²) in [6, 6.07) is 7.70. The van der Waals surface area contributed by atoms with Gasteiger partial charge in [0.15, 0.2) is 0 Å².